The van der Waals surface area contributed by atoms with Crippen LogP contribution in [0.3, 0.4) is 0 Å². The van der Waals surface area contributed by atoms with Gasteiger partial charge in [0.2, 0.25) is 0 Å². The topological polar surface area (TPSA) is 47.6 Å². The van der Waals surface area contributed by atoms with Crippen LogP contribution in [0.25, 0.3) is 0 Å². The van der Waals surface area contributed by atoms with Crippen molar-refractivity contribution in [3.63, 3.8) is 0 Å². The van der Waals surface area contributed by atoms with Crippen LogP contribution in [0, 0.1) is 0 Å². The van der Waals surface area contributed by atoms with Crippen molar-refractivity contribution in [1.29, 1.82) is 0 Å². The maximum atomic E-state index is 12.2. The minimum atomic E-state index is -0.426. The molecule has 0 spiro atoms. The van der Waals surface area contributed by atoms with E-state index in [9.17, 15) is 4.79 Å². The highest BCUT2D eigenvalue weighted by Gasteiger charge is 2.51. The van der Waals surface area contributed by atoms with Crippen LogP contribution in [0.5, 0.6) is 0 Å². The number of carbonyl (C=O) groups excluding carboxylic acids is 1. The lowest BCUT2D eigenvalue weighted by atomic mass is 9.79. The van der Waals surface area contributed by atoms with Gasteiger partial charge in [0.25, 0.3) is 5.91 Å². The first-order valence-corrected chi connectivity index (χ1v) is 8.38. The molecule has 1 N–H and O–H groups in total. The van der Waals surface area contributed by atoms with Crippen molar-refractivity contribution in [3.8, 4) is 0 Å². The monoisotopic (exact) mass is 339 g/mol. The van der Waals surface area contributed by atoms with E-state index < -0.39 is 7.12 Å². The van der Waals surface area contributed by atoms with Crippen LogP contribution in [0.4, 0.5) is 0 Å². The molecule has 1 fully saturated rings. The molecule has 0 aromatic heterocycles. The number of amides is 1. The molecule has 0 radical (unpaired) electrons. The second-order valence-corrected chi connectivity index (χ2v) is 7.07. The lowest BCUT2D eigenvalue weighted by Gasteiger charge is -2.32. The lowest BCUT2D eigenvalue weighted by Crippen LogP contribution is -2.41. The van der Waals surface area contributed by atoms with Crippen LogP contribution >= 0.6 is 0 Å². The average molecular weight is 339 g/mol. The van der Waals surface area contributed by atoms with Crippen LogP contribution in [-0.4, -0.2) is 30.8 Å². The molecule has 0 aliphatic carbocycles. The molecule has 25 heavy (non-hydrogen) atoms. The molecule has 1 saturated heterocycles. The molecule has 0 atom stereocenters. The number of hydrogen-bond acceptors (Lipinski definition) is 3. The van der Waals surface area contributed by atoms with E-state index in [1.807, 2.05) is 45.9 Å². The molecule has 5 heteroatoms. The number of carbonyl (C=O) groups is 1. The van der Waals surface area contributed by atoms with Crippen molar-refractivity contribution in [1.82, 2.24) is 5.32 Å². The van der Waals surface area contributed by atoms with Crippen molar-refractivity contribution in [2.75, 3.05) is 6.54 Å². The van der Waals surface area contributed by atoms with Crippen molar-refractivity contribution < 1.29 is 14.1 Å². The Morgan fingerprint density at radius 2 is 1.68 bits per heavy atom. The fourth-order valence-electron chi connectivity index (χ4n) is 2.41. The van der Waals surface area contributed by atoms with Gasteiger partial charge in [0.05, 0.1) is 11.2 Å². The second kappa shape index (κ2) is 7.42. The number of nitrogens with one attached hydrogen (secondary N) is 1. The smallest absolute Gasteiger partial charge is 0.399 e. The van der Waals surface area contributed by atoms with E-state index in [2.05, 4.69) is 18.5 Å². The first-order valence-electron chi connectivity index (χ1n) is 8.38. The van der Waals surface area contributed by atoms with Gasteiger partial charge < -0.3 is 14.6 Å². The Labute approximate surface area is 150 Å². The standard InChI is InChI=1S/C20H26BNO3/c1-7-9-15(8-2)14-22-18(23)16-10-12-17(13-11-16)21-24-19(3,4)20(5,6)25-21/h7-13H,1-2,14H2,3-6H3,(H,22,23)/b15-9+. The zero-order chi connectivity index (χ0) is 18.7. The number of allylic oxidation sites excluding steroid dienone is 2. The average Bonchev–Trinajstić information content (AvgIpc) is 2.79. The summed E-state index contributed by atoms with van der Waals surface area (Å²) in [5, 5.41) is 2.86. The third kappa shape index (κ3) is 4.30. The summed E-state index contributed by atoms with van der Waals surface area (Å²) in [6.07, 6.45) is 5.18. The first-order chi connectivity index (χ1) is 11.7. The number of hydrogen-bond donors (Lipinski definition) is 1. The molecular weight excluding hydrogens is 313 g/mol. The van der Waals surface area contributed by atoms with Gasteiger partial charge in [-0.25, -0.2) is 0 Å². The number of benzene rings is 1. The minimum Gasteiger partial charge on any atom is -0.399 e. The van der Waals surface area contributed by atoms with Crippen molar-refractivity contribution in [2.45, 2.75) is 38.9 Å². The highest BCUT2D eigenvalue weighted by atomic mass is 16.7. The van der Waals surface area contributed by atoms with Crippen LogP contribution in [0.15, 0.2) is 61.2 Å². The summed E-state index contributed by atoms with van der Waals surface area (Å²) in [5.41, 5.74) is 1.62. The van der Waals surface area contributed by atoms with E-state index in [1.54, 1.807) is 24.3 Å². The Balaban J connectivity index is 2.03. The van der Waals surface area contributed by atoms with E-state index in [0.717, 1.165) is 11.0 Å². The Hall–Kier alpha value is -2.11. The molecule has 0 saturated carbocycles. The number of rotatable bonds is 6. The maximum Gasteiger partial charge on any atom is 0.494 e. The predicted octanol–water partition coefficient (Wildman–Crippen LogP) is 3.01. The largest absolute Gasteiger partial charge is 0.494 e. The van der Waals surface area contributed by atoms with Crippen LogP contribution < -0.4 is 10.8 Å². The highest BCUT2D eigenvalue weighted by Crippen LogP contribution is 2.36. The molecule has 4 nitrogen and oxygen atoms in total. The molecule has 2 rings (SSSR count). The van der Waals surface area contributed by atoms with Gasteiger partial charge >= 0.3 is 7.12 Å². The van der Waals surface area contributed by atoms with Gasteiger partial charge in [-0.2, -0.15) is 0 Å². The summed E-state index contributed by atoms with van der Waals surface area (Å²) in [7, 11) is -0.426. The van der Waals surface area contributed by atoms with Crippen LogP contribution in [0.2, 0.25) is 0 Å². The fourth-order valence-corrected chi connectivity index (χ4v) is 2.41. The predicted molar refractivity (Wildman–Crippen MR) is 103 cm³/mol. The summed E-state index contributed by atoms with van der Waals surface area (Å²) in [6.45, 7) is 15.8. The van der Waals surface area contributed by atoms with Gasteiger partial charge in [-0.1, -0.05) is 43.5 Å². The molecule has 1 amide bonds. The van der Waals surface area contributed by atoms with Gasteiger partial charge in [-0.3, -0.25) is 4.79 Å². The lowest BCUT2D eigenvalue weighted by molar-refractivity contribution is 0.00578. The quantitative estimate of drug-likeness (QED) is 0.640. The molecule has 1 heterocycles. The highest BCUT2D eigenvalue weighted by molar-refractivity contribution is 6.62. The van der Waals surface area contributed by atoms with Crippen molar-refractivity contribution in [2.24, 2.45) is 0 Å². The van der Waals surface area contributed by atoms with E-state index in [0.29, 0.717) is 12.1 Å². The summed E-state index contributed by atoms with van der Waals surface area (Å²) >= 11 is 0. The Kier molecular flexibility index (Phi) is 5.70. The van der Waals surface area contributed by atoms with Gasteiger partial charge in [0.15, 0.2) is 0 Å². The molecule has 0 unspecified atom stereocenters. The fraction of sp³-hybridized carbons (Fsp3) is 0.350. The third-order valence-electron chi connectivity index (χ3n) is 4.75. The van der Waals surface area contributed by atoms with Gasteiger partial charge in [0.1, 0.15) is 0 Å². The molecular formula is C20H26BNO3. The van der Waals surface area contributed by atoms with Crippen LogP contribution in [-0.2, 0) is 9.31 Å². The van der Waals surface area contributed by atoms with Gasteiger partial charge in [-0.15, -0.1) is 0 Å². The summed E-state index contributed by atoms with van der Waals surface area (Å²) in [6, 6.07) is 7.29. The minimum absolute atomic E-state index is 0.141. The van der Waals surface area contributed by atoms with Crippen molar-refractivity contribution in [3.05, 3.63) is 66.8 Å². The molecule has 132 valence electrons. The van der Waals surface area contributed by atoms with Gasteiger partial charge in [-0.05, 0) is 50.9 Å². The SMILES string of the molecule is C=C/C=C(\C=C)CNC(=O)c1ccc(B2OC(C)(C)C(C)(C)O2)cc1. The second-order valence-electron chi connectivity index (χ2n) is 7.07. The van der Waals surface area contributed by atoms with Crippen LogP contribution in [0.1, 0.15) is 38.1 Å². The normalized spacial score (nSPS) is 18.7. The third-order valence-corrected chi connectivity index (χ3v) is 4.75. The zero-order valence-corrected chi connectivity index (χ0v) is 15.5. The van der Waals surface area contributed by atoms with E-state index in [4.69, 9.17) is 9.31 Å². The van der Waals surface area contributed by atoms with Gasteiger partial charge in [0, 0.05) is 12.1 Å². The molecule has 1 aliphatic heterocycles. The summed E-state index contributed by atoms with van der Waals surface area (Å²) in [4.78, 5) is 12.2. The van der Waals surface area contributed by atoms with Crippen molar-refractivity contribution >= 4 is 18.5 Å². The molecule has 1 aromatic rings. The van der Waals surface area contributed by atoms with E-state index >= 15 is 0 Å². The molecule has 1 aromatic carbocycles. The van der Waals surface area contributed by atoms with E-state index in [1.165, 1.54) is 0 Å². The summed E-state index contributed by atoms with van der Waals surface area (Å²) < 4.78 is 12.0. The molecule has 1 aliphatic rings. The summed E-state index contributed by atoms with van der Waals surface area (Å²) in [5.74, 6) is -0.141. The Morgan fingerprint density at radius 3 is 2.16 bits per heavy atom. The Bertz CT molecular complexity index is 673. The van der Waals surface area contributed by atoms with E-state index in [-0.39, 0.29) is 17.1 Å². The molecule has 0 bridgehead atoms. The maximum absolute atomic E-state index is 12.2. The first kappa shape index (κ1) is 19.2. The zero-order valence-electron chi connectivity index (χ0n) is 15.5. The Morgan fingerprint density at radius 1 is 1.12 bits per heavy atom.